The molecule has 0 heterocycles. The number of carboxylic acids is 1. The summed E-state index contributed by atoms with van der Waals surface area (Å²) >= 11 is 0. The van der Waals surface area contributed by atoms with Gasteiger partial charge in [-0.25, -0.2) is 9.59 Å². The zero-order valence-corrected chi connectivity index (χ0v) is 5.20. The van der Waals surface area contributed by atoms with E-state index in [1.54, 1.807) is 0 Å². The molecule has 10 heavy (non-hydrogen) atoms. The van der Waals surface area contributed by atoms with Crippen molar-refractivity contribution >= 4 is 11.9 Å². The molecule has 0 aromatic rings. The third-order valence-corrected chi connectivity index (χ3v) is 0.762. The van der Waals surface area contributed by atoms with Gasteiger partial charge in [-0.1, -0.05) is 0 Å². The predicted octanol–water partition coefficient (Wildman–Crippen LogP) is 0.0335. The van der Waals surface area contributed by atoms with Gasteiger partial charge in [0.1, 0.15) is 0 Å². The van der Waals surface area contributed by atoms with E-state index in [9.17, 15) is 9.59 Å². The molecule has 0 aromatic carbocycles. The normalized spacial score (nSPS) is 10.8. The summed E-state index contributed by atoms with van der Waals surface area (Å²) in [5.41, 5.74) is -0.195. The summed E-state index contributed by atoms with van der Waals surface area (Å²) in [6.07, 6.45) is 0.669. The quantitative estimate of drug-likeness (QED) is 0.326. The van der Waals surface area contributed by atoms with Crippen molar-refractivity contribution in [1.29, 1.82) is 0 Å². The third kappa shape index (κ3) is 2.83. The van der Waals surface area contributed by atoms with Gasteiger partial charge >= 0.3 is 11.9 Å². The number of carboxylic acid groups (broad SMARTS) is 1. The maximum atomic E-state index is 10.1. The van der Waals surface area contributed by atoms with Crippen molar-refractivity contribution in [2.75, 3.05) is 0 Å². The molecule has 0 saturated heterocycles. The fourth-order valence-corrected chi connectivity index (χ4v) is 0.265. The summed E-state index contributed by atoms with van der Waals surface area (Å²) in [6, 6.07) is 0. The van der Waals surface area contributed by atoms with E-state index in [1.807, 2.05) is 0 Å². The topological polar surface area (TPSA) is 83.8 Å². The number of carbonyl (C=O) groups excluding carboxylic acids is 1. The van der Waals surface area contributed by atoms with E-state index in [0.29, 0.717) is 6.08 Å². The molecule has 0 spiro atoms. The van der Waals surface area contributed by atoms with Crippen molar-refractivity contribution in [3.63, 3.8) is 0 Å². The second-order valence-corrected chi connectivity index (χ2v) is 1.54. The van der Waals surface area contributed by atoms with Crippen molar-refractivity contribution in [3.05, 3.63) is 11.6 Å². The second kappa shape index (κ2) is 3.62. The highest BCUT2D eigenvalue weighted by Gasteiger charge is 2.03. The lowest BCUT2D eigenvalue weighted by atomic mass is 10.3. The van der Waals surface area contributed by atoms with Gasteiger partial charge in [-0.15, -0.1) is 0 Å². The van der Waals surface area contributed by atoms with E-state index in [4.69, 9.17) is 10.4 Å². The predicted molar refractivity (Wildman–Crippen MR) is 30.1 cm³/mol. The van der Waals surface area contributed by atoms with Crippen LogP contribution in [0.5, 0.6) is 0 Å². The first-order valence-corrected chi connectivity index (χ1v) is 2.35. The van der Waals surface area contributed by atoms with E-state index < -0.39 is 11.9 Å². The monoisotopic (exact) mass is 146 g/mol. The van der Waals surface area contributed by atoms with Crippen LogP contribution in [0.15, 0.2) is 11.6 Å². The molecule has 0 aromatic heterocycles. The molecule has 0 aliphatic heterocycles. The maximum absolute atomic E-state index is 10.1. The highest BCUT2D eigenvalue weighted by molar-refractivity contribution is 5.94. The van der Waals surface area contributed by atoms with Crippen LogP contribution in [0.2, 0.25) is 0 Å². The van der Waals surface area contributed by atoms with Crippen LogP contribution >= 0.6 is 0 Å². The van der Waals surface area contributed by atoms with Gasteiger partial charge in [-0.2, -0.15) is 5.26 Å². The Bertz CT molecular complexity index is 180. The van der Waals surface area contributed by atoms with E-state index in [1.165, 1.54) is 6.92 Å². The van der Waals surface area contributed by atoms with Gasteiger partial charge < -0.3 is 5.11 Å². The molecule has 0 unspecified atom stereocenters. The molecule has 5 nitrogen and oxygen atoms in total. The lowest BCUT2D eigenvalue weighted by molar-refractivity contribution is -0.228. The third-order valence-electron chi connectivity index (χ3n) is 0.762. The molecule has 0 aliphatic rings. The standard InChI is InChI=1S/C5H6O5/c1-3(5(7)8)2-4(6)10-9/h2,9H,1H3,(H,7,8)/b3-2-. The Morgan fingerprint density at radius 3 is 2.30 bits per heavy atom. The molecule has 0 saturated carbocycles. The SMILES string of the molecule is C/C(=C/C(=O)OO)C(=O)O. The highest BCUT2D eigenvalue weighted by Crippen LogP contribution is 1.91. The Balaban J connectivity index is 4.16. The minimum atomic E-state index is -1.23. The Kier molecular flexibility index (Phi) is 3.13. The summed E-state index contributed by atoms with van der Waals surface area (Å²) < 4.78 is 0. The molecule has 0 rings (SSSR count). The molecule has 0 radical (unpaired) electrons. The zero-order chi connectivity index (χ0) is 8.15. The van der Waals surface area contributed by atoms with Crippen LogP contribution in [0.3, 0.4) is 0 Å². The summed E-state index contributed by atoms with van der Waals surface area (Å²) in [4.78, 5) is 23.3. The number of aliphatic carboxylic acids is 1. The van der Waals surface area contributed by atoms with Crippen LogP contribution in [0.4, 0.5) is 0 Å². The number of hydrogen-bond donors (Lipinski definition) is 2. The second-order valence-electron chi connectivity index (χ2n) is 1.54. The molecule has 0 bridgehead atoms. The maximum Gasteiger partial charge on any atom is 0.366 e. The largest absolute Gasteiger partial charge is 0.478 e. The molecular formula is C5H6O5. The van der Waals surface area contributed by atoms with Gasteiger partial charge in [0.15, 0.2) is 0 Å². The molecule has 2 N–H and O–H groups in total. The van der Waals surface area contributed by atoms with Crippen LogP contribution in [0.1, 0.15) is 6.92 Å². The number of hydrogen-bond acceptors (Lipinski definition) is 4. The fourth-order valence-electron chi connectivity index (χ4n) is 0.265. The molecular weight excluding hydrogens is 140 g/mol. The van der Waals surface area contributed by atoms with Crippen LogP contribution in [-0.2, 0) is 14.5 Å². The van der Waals surface area contributed by atoms with Gasteiger partial charge in [-0.3, -0.25) is 4.89 Å². The minimum Gasteiger partial charge on any atom is -0.478 e. The van der Waals surface area contributed by atoms with Crippen molar-refractivity contribution in [2.45, 2.75) is 6.92 Å². The molecule has 0 aliphatic carbocycles. The average Bonchev–Trinajstić information content (AvgIpc) is 1.87. The summed E-state index contributed by atoms with van der Waals surface area (Å²) in [5, 5.41) is 15.8. The zero-order valence-electron chi connectivity index (χ0n) is 5.20. The number of carbonyl (C=O) groups is 2. The van der Waals surface area contributed by atoms with Gasteiger partial charge in [-0.05, 0) is 6.92 Å². The van der Waals surface area contributed by atoms with Gasteiger partial charge in [0, 0.05) is 11.6 Å². The first-order valence-electron chi connectivity index (χ1n) is 2.35. The van der Waals surface area contributed by atoms with Crippen LogP contribution in [0, 0.1) is 0 Å². The Morgan fingerprint density at radius 2 is 2.00 bits per heavy atom. The first-order chi connectivity index (χ1) is 4.57. The van der Waals surface area contributed by atoms with Crippen molar-refractivity contribution in [1.82, 2.24) is 0 Å². The Labute approximate surface area is 56.5 Å². The van der Waals surface area contributed by atoms with E-state index in [2.05, 4.69) is 4.89 Å². The summed E-state index contributed by atoms with van der Waals surface area (Å²) in [5.74, 6) is -2.33. The average molecular weight is 146 g/mol. The van der Waals surface area contributed by atoms with E-state index in [-0.39, 0.29) is 5.57 Å². The lowest BCUT2D eigenvalue weighted by Gasteiger charge is -1.89. The smallest absolute Gasteiger partial charge is 0.366 e. The van der Waals surface area contributed by atoms with Gasteiger partial charge in [0.25, 0.3) is 0 Å². The van der Waals surface area contributed by atoms with Crippen LogP contribution < -0.4 is 0 Å². The van der Waals surface area contributed by atoms with Crippen molar-refractivity contribution in [3.8, 4) is 0 Å². The van der Waals surface area contributed by atoms with Gasteiger partial charge in [0.05, 0.1) is 0 Å². The van der Waals surface area contributed by atoms with Crippen molar-refractivity contribution in [2.24, 2.45) is 0 Å². The Hall–Kier alpha value is -1.36. The van der Waals surface area contributed by atoms with Crippen molar-refractivity contribution < 1.29 is 24.8 Å². The van der Waals surface area contributed by atoms with E-state index >= 15 is 0 Å². The first kappa shape index (κ1) is 8.64. The summed E-state index contributed by atoms with van der Waals surface area (Å²) in [6.45, 7) is 1.21. The Morgan fingerprint density at radius 1 is 1.50 bits per heavy atom. The highest BCUT2D eigenvalue weighted by atomic mass is 17.1. The lowest BCUT2D eigenvalue weighted by Crippen LogP contribution is -2.02. The fraction of sp³-hybridized carbons (Fsp3) is 0.200. The van der Waals surface area contributed by atoms with Crippen LogP contribution in [0.25, 0.3) is 0 Å². The molecule has 0 amide bonds. The van der Waals surface area contributed by atoms with Crippen LogP contribution in [-0.4, -0.2) is 22.3 Å². The minimum absolute atomic E-state index is 0.195. The summed E-state index contributed by atoms with van der Waals surface area (Å²) in [7, 11) is 0. The number of rotatable bonds is 2. The molecule has 5 heteroatoms. The molecule has 56 valence electrons. The molecule has 0 fully saturated rings. The van der Waals surface area contributed by atoms with Gasteiger partial charge in [0.2, 0.25) is 0 Å². The molecule has 0 atom stereocenters. The van der Waals surface area contributed by atoms with E-state index in [0.717, 1.165) is 0 Å².